The van der Waals surface area contributed by atoms with E-state index in [1.807, 2.05) is 13.8 Å². The van der Waals surface area contributed by atoms with Gasteiger partial charge in [-0.2, -0.15) is 26.3 Å². The van der Waals surface area contributed by atoms with Crippen molar-refractivity contribution in [2.24, 2.45) is 17.3 Å². The molecule has 1 rings (SSSR count). The van der Waals surface area contributed by atoms with Gasteiger partial charge in [-0.1, -0.05) is 27.7 Å². The van der Waals surface area contributed by atoms with Gasteiger partial charge in [0.15, 0.2) is 0 Å². The maximum absolute atomic E-state index is 12.9. The fraction of sp³-hybridized carbons (Fsp3) is 0.611. The van der Waals surface area contributed by atoms with Crippen molar-refractivity contribution in [2.45, 2.75) is 53.4 Å². The number of hydrogen-bond donors (Lipinski definition) is 0. The molecule has 26 heavy (non-hydrogen) atoms. The number of esters is 1. The Morgan fingerprint density at radius 1 is 0.923 bits per heavy atom. The Bertz CT molecular complexity index is 614. The van der Waals surface area contributed by atoms with E-state index in [1.54, 1.807) is 20.8 Å². The standard InChI is InChI=1S/C18H22F6O2/c1-10(2)9-16(5,11(3)4)15(25)26-14-7-12(17(19,20)21)6-13(8-14)18(22,23)24/h6-8,10-11H,9H2,1-5H3. The minimum Gasteiger partial charge on any atom is -0.426 e. The van der Waals surface area contributed by atoms with Crippen LogP contribution in [0.25, 0.3) is 0 Å². The highest BCUT2D eigenvalue weighted by atomic mass is 19.4. The Hall–Kier alpha value is -1.73. The minimum atomic E-state index is -5.00. The zero-order chi connectivity index (χ0) is 20.5. The molecule has 0 fully saturated rings. The van der Waals surface area contributed by atoms with Crippen LogP contribution in [-0.2, 0) is 17.1 Å². The summed E-state index contributed by atoms with van der Waals surface area (Å²) in [7, 11) is 0. The lowest BCUT2D eigenvalue weighted by atomic mass is 9.73. The molecule has 0 saturated carbocycles. The molecule has 0 N–H and O–H groups in total. The number of carbonyl (C=O) groups is 1. The van der Waals surface area contributed by atoms with Gasteiger partial charge in [0, 0.05) is 0 Å². The second-order valence-corrected chi connectivity index (χ2v) is 7.30. The number of rotatable bonds is 5. The quantitative estimate of drug-likeness (QED) is 0.336. The summed E-state index contributed by atoms with van der Waals surface area (Å²) in [6, 6.07) is 0.805. The molecule has 0 aliphatic carbocycles. The molecule has 0 amide bonds. The first kappa shape index (κ1) is 22.3. The van der Waals surface area contributed by atoms with Crippen LogP contribution in [-0.4, -0.2) is 5.97 Å². The normalized spacial score (nSPS) is 15.3. The minimum absolute atomic E-state index is 0.00685. The van der Waals surface area contributed by atoms with Crippen molar-refractivity contribution >= 4 is 5.97 Å². The maximum atomic E-state index is 12.9. The van der Waals surface area contributed by atoms with Gasteiger partial charge in [0.05, 0.1) is 16.5 Å². The van der Waals surface area contributed by atoms with Gasteiger partial charge in [-0.15, -0.1) is 0 Å². The van der Waals surface area contributed by atoms with Crippen LogP contribution in [0.5, 0.6) is 5.75 Å². The molecular weight excluding hydrogens is 362 g/mol. The second-order valence-electron chi connectivity index (χ2n) is 7.30. The van der Waals surface area contributed by atoms with Crippen LogP contribution < -0.4 is 4.74 Å². The van der Waals surface area contributed by atoms with Gasteiger partial charge in [0.25, 0.3) is 0 Å². The van der Waals surface area contributed by atoms with E-state index >= 15 is 0 Å². The molecule has 1 unspecified atom stereocenters. The van der Waals surface area contributed by atoms with Crippen LogP contribution in [0.15, 0.2) is 18.2 Å². The first-order chi connectivity index (χ1) is 11.6. The zero-order valence-corrected chi connectivity index (χ0v) is 15.2. The number of ether oxygens (including phenoxy) is 1. The van der Waals surface area contributed by atoms with Gasteiger partial charge < -0.3 is 4.74 Å². The average Bonchev–Trinajstić information content (AvgIpc) is 2.43. The largest absolute Gasteiger partial charge is 0.426 e. The number of benzene rings is 1. The lowest BCUT2D eigenvalue weighted by Crippen LogP contribution is -2.38. The van der Waals surface area contributed by atoms with E-state index in [1.165, 1.54) is 0 Å². The Morgan fingerprint density at radius 2 is 1.35 bits per heavy atom. The van der Waals surface area contributed by atoms with E-state index in [0.717, 1.165) is 0 Å². The number of carbonyl (C=O) groups excluding carboxylic acids is 1. The van der Waals surface area contributed by atoms with E-state index in [0.29, 0.717) is 18.6 Å². The smallest absolute Gasteiger partial charge is 0.416 e. The summed E-state index contributed by atoms with van der Waals surface area (Å²) in [4.78, 5) is 12.5. The van der Waals surface area contributed by atoms with Gasteiger partial charge >= 0.3 is 18.3 Å². The molecule has 0 aliphatic rings. The summed E-state index contributed by atoms with van der Waals surface area (Å²) < 4.78 is 82.4. The first-order valence-electron chi connectivity index (χ1n) is 8.09. The monoisotopic (exact) mass is 384 g/mol. The third-order valence-corrected chi connectivity index (χ3v) is 4.34. The van der Waals surface area contributed by atoms with Crippen LogP contribution >= 0.6 is 0 Å². The molecule has 148 valence electrons. The summed E-state index contributed by atoms with van der Waals surface area (Å²) in [5.74, 6) is -1.76. The molecule has 0 aliphatic heterocycles. The topological polar surface area (TPSA) is 26.3 Å². The van der Waals surface area contributed by atoms with E-state index < -0.39 is 40.6 Å². The third kappa shape index (κ3) is 5.38. The number of alkyl halides is 6. The van der Waals surface area contributed by atoms with Crippen molar-refractivity contribution in [1.29, 1.82) is 0 Å². The van der Waals surface area contributed by atoms with Crippen LogP contribution in [0.2, 0.25) is 0 Å². The molecule has 1 aromatic carbocycles. The first-order valence-corrected chi connectivity index (χ1v) is 8.09. The molecule has 2 nitrogen and oxygen atoms in total. The van der Waals surface area contributed by atoms with Gasteiger partial charge in [-0.25, -0.2) is 0 Å². The van der Waals surface area contributed by atoms with E-state index in [-0.39, 0.29) is 17.9 Å². The summed E-state index contributed by atoms with van der Waals surface area (Å²) in [5, 5.41) is 0. The highest BCUT2D eigenvalue weighted by Gasteiger charge is 2.41. The Kier molecular flexibility index (Phi) is 6.42. The van der Waals surface area contributed by atoms with Crippen molar-refractivity contribution < 1.29 is 35.9 Å². The Labute approximate surface area is 148 Å². The van der Waals surface area contributed by atoms with Crippen molar-refractivity contribution in [3.63, 3.8) is 0 Å². The number of halogens is 6. The maximum Gasteiger partial charge on any atom is 0.416 e. The molecule has 0 spiro atoms. The average molecular weight is 384 g/mol. The molecule has 8 heteroatoms. The summed E-state index contributed by atoms with van der Waals surface area (Å²) >= 11 is 0. The summed E-state index contributed by atoms with van der Waals surface area (Å²) in [6.45, 7) is 8.81. The molecule has 0 bridgehead atoms. The van der Waals surface area contributed by atoms with Gasteiger partial charge in [0.2, 0.25) is 0 Å². The third-order valence-electron chi connectivity index (χ3n) is 4.34. The van der Waals surface area contributed by atoms with Crippen LogP contribution in [0, 0.1) is 17.3 Å². The molecule has 0 aromatic heterocycles. The van der Waals surface area contributed by atoms with Crippen molar-refractivity contribution in [3.8, 4) is 5.75 Å². The second kappa shape index (κ2) is 7.48. The van der Waals surface area contributed by atoms with Crippen molar-refractivity contribution in [2.75, 3.05) is 0 Å². The lowest BCUT2D eigenvalue weighted by Gasteiger charge is -2.32. The Morgan fingerprint density at radius 3 is 1.65 bits per heavy atom. The molecule has 0 heterocycles. The molecular formula is C18H22F6O2. The molecule has 0 radical (unpaired) electrons. The highest BCUT2D eigenvalue weighted by Crippen LogP contribution is 2.40. The van der Waals surface area contributed by atoms with E-state index in [2.05, 4.69) is 0 Å². The highest BCUT2D eigenvalue weighted by molar-refractivity contribution is 5.79. The van der Waals surface area contributed by atoms with Gasteiger partial charge in [-0.05, 0) is 43.4 Å². The van der Waals surface area contributed by atoms with Crippen LogP contribution in [0.4, 0.5) is 26.3 Å². The SMILES string of the molecule is CC(C)CC(C)(C(=O)Oc1cc(C(F)(F)F)cc(C(F)(F)F)c1)C(C)C. The number of hydrogen-bond acceptors (Lipinski definition) is 2. The van der Waals surface area contributed by atoms with Gasteiger partial charge in [0.1, 0.15) is 5.75 Å². The summed E-state index contributed by atoms with van der Waals surface area (Å²) in [6.07, 6.45) is -9.61. The summed E-state index contributed by atoms with van der Waals surface area (Å²) in [5.41, 5.74) is -4.09. The molecule has 0 saturated heterocycles. The Balaban J connectivity index is 3.32. The van der Waals surface area contributed by atoms with Crippen LogP contribution in [0.3, 0.4) is 0 Å². The predicted octanol–water partition coefficient (Wildman–Crippen LogP) is 6.34. The zero-order valence-electron chi connectivity index (χ0n) is 15.2. The predicted molar refractivity (Wildman–Crippen MR) is 84.5 cm³/mol. The van der Waals surface area contributed by atoms with Crippen LogP contribution in [0.1, 0.15) is 52.2 Å². The molecule has 1 aromatic rings. The van der Waals surface area contributed by atoms with Crippen molar-refractivity contribution in [3.05, 3.63) is 29.3 Å². The van der Waals surface area contributed by atoms with E-state index in [4.69, 9.17) is 4.74 Å². The fourth-order valence-electron chi connectivity index (χ4n) is 2.61. The molecule has 1 atom stereocenters. The van der Waals surface area contributed by atoms with Gasteiger partial charge in [-0.3, -0.25) is 4.79 Å². The van der Waals surface area contributed by atoms with Crippen molar-refractivity contribution in [1.82, 2.24) is 0 Å². The lowest BCUT2D eigenvalue weighted by molar-refractivity contribution is -0.150. The van der Waals surface area contributed by atoms with E-state index in [9.17, 15) is 31.1 Å². The fourth-order valence-corrected chi connectivity index (χ4v) is 2.61.